The smallest absolute Gasteiger partial charge is 0.236 e. The van der Waals surface area contributed by atoms with Gasteiger partial charge in [-0.2, -0.15) is 0 Å². The number of carbonyl (C=O) groups excluding carboxylic acids is 1. The lowest BCUT2D eigenvalue weighted by atomic mass is 10.2. The predicted octanol–water partition coefficient (Wildman–Crippen LogP) is 3.26. The molecule has 0 spiro atoms. The Balaban J connectivity index is 1.44. The van der Waals surface area contributed by atoms with E-state index in [0.29, 0.717) is 18.7 Å². The van der Waals surface area contributed by atoms with E-state index in [1.165, 1.54) is 11.6 Å². The molecule has 1 fully saturated rings. The van der Waals surface area contributed by atoms with Gasteiger partial charge in [-0.3, -0.25) is 14.6 Å². The highest BCUT2D eigenvalue weighted by Crippen LogP contribution is 2.14. The van der Waals surface area contributed by atoms with Crippen LogP contribution in [0.25, 0.3) is 0 Å². The van der Waals surface area contributed by atoms with Gasteiger partial charge in [0.2, 0.25) is 5.91 Å². The van der Waals surface area contributed by atoms with Crippen LogP contribution in [0.15, 0.2) is 48.5 Å². The molecule has 2 aromatic carbocycles. The quantitative estimate of drug-likeness (QED) is 0.758. The Labute approximate surface area is 165 Å². The van der Waals surface area contributed by atoms with Crippen molar-refractivity contribution in [1.82, 2.24) is 14.7 Å². The number of amides is 1. The zero-order chi connectivity index (χ0) is 19.2. The average Bonchev–Trinajstić information content (AvgIpc) is 2.65. The molecule has 1 aliphatic rings. The third kappa shape index (κ3) is 5.76. The third-order valence-corrected chi connectivity index (χ3v) is 5.15. The van der Waals surface area contributed by atoms with E-state index in [1.54, 1.807) is 30.1 Å². The van der Waals surface area contributed by atoms with E-state index in [-0.39, 0.29) is 11.7 Å². The summed E-state index contributed by atoms with van der Waals surface area (Å²) in [5.41, 5.74) is 1.75. The van der Waals surface area contributed by atoms with Crippen molar-refractivity contribution in [2.75, 3.05) is 39.8 Å². The molecule has 4 nitrogen and oxygen atoms in total. The van der Waals surface area contributed by atoms with Crippen LogP contribution in [-0.2, 0) is 17.9 Å². The SMILES string of the molecule is CN(Cc1ccccc1F)C(=O)CN1CCN(Cc2cccc(Cl)c2)CC1. The monoisotopic (exact) mass is 389 g/mol. The van der Waals surface area contributed by atoms with E-state index in [1.807, 2.05) is 18.2 Å². The van der Waals surface area contributed by atoms with Crippen molar-refractivity contribution in [2.24, 2.45) is 0 Å². The number of halogens is 2. The van der Waals surface area contributed by atoms with Crippen molar-refractivity contribution in [1.29, 1.82) is 0 Å². The molecule has 6 heteroatoms. The number of carbonyl (C=O) groups is 1. The van der Waals surface area contributed by atoms with E-state index in [4.69, 9.17) is 11.6 Å². The van der Waals surface area contributed by atoms with E-state index in [9.17, 15) is 9.18 Å². The van der Waals surface area contributed by atoms with Gasteiger partial charge in [-0.05, 0) is 23.8 Å². The van der Waals surface area contributed by atoms with Crippen LogP contribution in [0.1, 0.15) is 11.1 Å². The molecule has 0 aliphatic carbocycles. The fourth-order valence-electron chi connectivity index (χ4n) is 3.28. The largest absolute Gasteiger partial charge is 0.340 e. The molecule has 1 heterocycles. The van der Waals surface area contributed by atoms with Gasteiger partial charge < -0.3 is 4.90 Å². The van der Waals surface area contributed by atoms with Crippen LogP contribution in [0.2, 0.25) is 5.02 Å². The molecule has 27 heavy (non-hydrogen) atoms. The van der Waals surface area contributed by atoms with Gasteiger partial charge in [0.15, 0.2) is 0 Å². The third-order valence-electron chi connectivity index (χ3n) is 4.91. The Morgan fingerprint density at radius 3 is 2.48 bits per heavy atom. The van der Waals surface area contributed by atoms with E-state index < -0.39 is 0 Å². The molecule has 0 radical (unpaired) electrons. The molecule has 0 bridgehead atoms. The van der Waals surface area contributed by atoms with Crippen molar-refractivity contribution in [3.05, 3.63) is 70.5 Å². The summed E-state index contributed by atoms with van der Waals surface area (Å²) >= 11 is 6.05. The molecule has 0 aromatic heterocycles. The normalized spacial score (nSPS) is 15.7. The van der Waals surface area contributed by atoms with Crippen LogP contribution in [0.5, 0.6) is 0 Å². The first-order valence-electron chi connectivity index (χ1n) is 9.18. The Kier molecular flexibility index (Phi) is 6.83. The summed E-state index contributed by atoms with van der Waals surface area (Å²) in [7, 11) is 1.73. The minimum Gasteiger partial charge on any atom is -0.340 e. The number of nitrogens with zero attached hydrogens (tertiary/aromatic N) is 3. The van der Waals surface area contributed by atoms with Crippen LogP contribution in [0, 0.1) is 5.82 Å². The number of hydrogen-bond donors (Lipinski definition) is 0. The van der Waals surface area contributed by atoms with Crippen molar-refractivity contribution >= 4 is 17.5 Å². The Morgan fingerprint density at radius 1 is 1.07 bits per heavy atom. The number of piperazine rings is 1. The van der Waals surface area contributed by atoms with Gasteiger partial charge in [-0.15, -0.1) is 0 Å². The molecular weight excluding hydrogens is 365 g/mol. The molecule has 144 valence electrons. The number of likely N-dealkylation sites (N-methyl/N-ethyl adjacent to an activating group) is 1. The molecule has 1 amide bonds. The van der Waals surface area contributed by atoms with Crippen LogP contribution >= 0.6 is 11.6 Å². The molecule has 1 aliphatic heterocycles. The van der Waals surface area contributed by atoms with Gasteiger partial charge >= 0.3 is 0 Å². The zero-order valence-electron chi connectivity index (χ0n) is 15.6. The van der Waals surface area contributed by atoms with Gasteiger partial charge in [-0.1, -0.05) is 41.9 Å². The van der Waals surface area contributed by atoms with Crippen LogP contribution in [0.3, 0.4) is 0 Å². The summed E-state index contributed by atoms with van der Waals surface area (Å²) < 4.78 is 13.8. The number of rotatable bonds is 6. The second-order valence-corrected chi connectivity index (χ2v) is 7.46. The summed E-state index contributed by atoms with van der Waals surface area (Å²) in [6.07, 6.45) is 0. The fourth-order valence-corrected chi connectivity index (χ4v) is 3.49. The van der Waals surface area contributed by atoms with Crippen molar-refractivity contribution in [3.63, 3.8) is 0 Å². The highest BCUT2D eigenvalue weighted by molar-refractivity contribution is 6.30. The van der Waals surface area contributed by atoms with Crippen LogP contribution in [-0.4, -0.2) is 60.4 Å². The Bertz CT molecular complexity index is 778. The first-order valence-corrected chi connectivity index (χ1v) is 9.55. The van der Waals surface area contributed by atoms with E-state index in [0.717, 1.165) is 37.7 Å². The van der Waals surface area contributed by atoms with Crippen LogP contribution in [0.4, 0.5) is 4.39 Å². The number of benzene rings is 2. The summed E-state index contributed by atoms with van der Waals surface area (Å²) in [6.45, 7) is 5.05. The molecule has 3 rings (SSSR count). The molecule has 2 aromatic rings. The average molecular weight is 390 g/mol. The highest BCUT2D eigenvalue weighted by atomic mass is 35.5. The summed E-state index contributed by atoms with van der Waals surface area (Å²) in [5.74, 6) is -0.256. The molecule has 1 saturated heterocycles. The van der Waals surface area contributed by atoms with Crippen molar-refractivity contribution in [2.45, 2.75) is 13.1 Å². The number of hydrogen-bond acceptors (Lipinski definition) is 3. The van der Waals surface area contributed by atoms with Gasteiger partial charge in [0.1, 0.15) is 5.82 Å². The van der Waals surface area contributed by atoms with Crippen molar-refractivity contribution in [3.8, 4) is 0 Å². The summed E-state index contributed by atoms with van der Waals surface area (Å²) in [4.78, 5) is 18.6. The lowest BCUT2D eigenvalue weighted by molar-refractivity contribution is -0.132. The van der Waals surface area contributed by atoms with Gasteiger partial charge in [-0.25, -0.2) is 4.39 Å². The lowest BCUT2D eigenvalue weighted by Crippen LogP contribution is -2.49. The Morgan fingerprint density at radius 2 is 1.78 bits per heavy atom. The summed E-state index contributed by atoms with van der Waals surface area (Å²) in [5, 5.41) is 0.759. The molecule has 0 saturated carbocycles. The highest BCUT2D eigenvalue weighted by Gasteiger charge is 2.21. The maximum absolute atomic E-state index is 13.8. The standard InChI is InChI=1S/C21H25ClFN3O/c1-24(15-18-6-2-3-8-20(18)23)21(27)16-26-11-9-25(10-12-26)14-17-5-4-7-19(22)13-17/h2-8,13H,9-12,14-16H2,1H3. The maximum Gasteiger partial charge on any atom is 0.236 e. The minimum absolute atomic E-state index is 0.0153. The summed E-state index contributed by atoms with van der Waals surface area (Å²) in [6, 6.07) is 14.5. The van der Waals surface area contributed by atoms with Crippen molar-refractivity contribution < 1.29 is 9.18 Å². The first-order chi connectivity index (χ1) is 13.0. The van der Waals surface area contributed by atoms with E-state index >= 15 is 0 Å². The second-order valence-electron chi connectivity index (χ2n) is 7.02. The zero-order valence-corrected chi connectivity index (χ0v) is 16.3. The topological polar surface area (TPSA) is 26.8 Å². The lowest BCUT2D eigenvalue weighted by Gasteiger charge is -2.35. The van der Waals surface area contributed by atoms with Crippen LogP contribution < -0.4 is 0 Å². The maximum atomic E-state index is 13.8. The van der Waals surface area contributed by atoms with E-state index in [2.05, 4.69) is 15.9 Å². The second kappa shape index (κ2) is 9.31. The molecular formula is C21H25ClFN3O. The Hall–Kier alpha value is -1.95. The van der Waals surface area contributed by atoms with Gasteiger partial charge in [0, 0.05) is 56.9 Å². The molecule has 0 N–H and O–H groups in total. The minimum atomic E-state index is -0.272. The van der Waals surface area contributed by atoms with Gasteiger partial charge in [0.25, 0.3) is 0 Å². The first kappa shape index (κ1) is 19.8. The van der Waals surface area contributed by atoms with Gasteiger partial charge in [0.05, 0.1) is 6.54 Å². The molecule has 0 atom stereocenters. The molecule has 0 unspecified atom stereocenters. The predicted molar refractivity (Wildman–Crippen MR) is 106 cm³/mol. The fraction of sp³-hybridized carbons (Fsp3) is 0.381.